The van der Waals surface area contributed by atoms with E-state index in [0.29, 0.717) is 39.1 Å². The van der Waals surface area contributed by atoms with E-state index in [0.717, 1.165) is 0 Å². The van der Waals surface area contributed by atoms with E-state index in [1.54, 1.807) is 6.92 Å². The molecule has 1 aliphatic rings. The number of nitriles is 1. The van der Waals surface area contributed by atoms with Crippen LogP contribution >= 0.6 is 0 Å². The van der Waals surface area contributed by atoms with E-state index in [9.17, 15) is 8.42 Å². The Morgan fingerprint density at radius 3 is 2.35 bits per heavy atom. The molecule has 0 aromatic heterocycles. The Morgan fingerprint density at radius 2 is 1.94 bits per heavy atom. The Labute approximate surface area is 102 Å². The molecule has 1 unspecified atom stereocenters. The lowest BCUT2D eigenvalue weighted by Crippen LogP contribution is -2.51. The number of aliphatic hydroxyl groups is 1. The number of hydrogen-bond donors (Lipinski definition) is 1. The van der Waals surface area contributed by atoms with Gasteiger partial charge in [0.1, 0.15) is 0 Å². The van der Waals surface area contributed by atoms with Gasteiger partial charge in [0, 0.05) is 32.7 Å². The van der Waals surface area contributed by atoms with Crippen LogP contribution in [0.15, 0.2) is 0 Å². The minimum absolute atomic E-state index is 0.0858. The van der Waals surface area contributed by atoms with Crippen LogP contribution in [0.5, 0.6) is 0 Å². The molecule has 0 amide bonds. The third-order valence-electron chi connectivity index (χ3n) is 2.98. The lowest BCUT2D eigenvalue weighted by atomic mass is 10.3. The summed E-state index contributed by atoms with van der Waals surface area (Å²) in [6, 6.07) is 1.84. The van der Waals surface area contributed by atoms with Crippen LogP contribution in [0.1, 0.15) is 13.3 Å². The van der Waals surface area contributed by atoms with Gasteiger partial charge in [-0.05, 0) is 6.42 Å². The summed E-state index contributed by atoms with van der Waals surface area (Å²) in [7, 11) is -3.48. The summed E-state index contributed by atoms with van der Waals surface area (Å²) in [5.74, 6) is 0. The lowest BCUT2D eigenvalue weighted by molar-refractivity contribution is 0.151. The maximum absolute atomic E-state index is 12.0. The molecule has 7 heteroatoms. The molecule has 1 rings (SSSR count). The van der Waals surface area contributed by atoms with Crippen molar-refractivity contribution in [3.63, 3.8) is 0 Å². The Bertz CT molecular complexity index is 369. The molecule has 98 valence electrons. The van der Waals surface area contributed by atoms with E-state index in [2.05, 4.69) is 0 Å². The SMILES string of the molecule is CCC(C#N)S(=O)(=O)N1CCN(CCO)CC1. The Hall–Kier alpha value is -0.680. The summed E-state index contributed by atoms with van der Waals surface area (Å²) in [5, 5.41) is 16.7. The molecule has 1 saturated heterocycles. The van der Waals surface area contributed by atoms with Crippen molar-refractivity contribution in [3.05, 3.63) is 0 Å². The highest BCUT2D eigenvalue weighted by molar-refractivity contribution is 7.90. The zero-order chi connectivity index (χ0) is 12.9. The Kier molecular flexibility index (Phi) is 5.33. The largest absolute Gasteiger partial charge is 0.395 e. The van der Waals surface area contributed by atoms with Crippen molar-refractivity contribution in [2.75, 3.05) is 39.3 Å². The van der Waals surface area contributed by atoms with Gasteiger partial charge in [-0.15, -0.1) is 0 Å². The summed E-state index contributed by atoms with van der Waals surface area (Å²) in [5.41, 5.74) is 0. The zero-order valence-corrected chi connectivity index (χ0v) is 10.9. The van der Waals surface area contributed by atoms with E-state index < -0.39 is 15.3 Å². The highest BCUT2D eigenvalue weighted by Crippen LogP contribution is 2.14. The average molecular weight is 261 g/mol. The van der Waals surface area contributed by atoms with Crippen molar-refractivity contribution in [1.29, 1.82) is 5.26 Å². The fourth-order valence-corrected chi connectivity index (χ4v) is 3.48. The molecule has 1 N–H and O–H groups in total. The van der Waals surface area contributed by atoms with Gasteiger partial charge in [-0.25, -0.2) is 8.42 Å². The van der Waals surface area contributed by atoms with Crippen molar-refractivity contribution >= 4 is 10.0 Å². The van der Waals surface area contributed by atoms with Crippen molar-refractivity contribution in [2.24, 2.45) is 0 Å². The predicted octanol–water partition coefficient (Wildman–Crippen LogP) is -0.772. The number of rotatable bonds is 5. The van der Waals surface area contributed by atoms with Crippen LogP contribution in [0.2, 0.25) is 0 Å². The minimum Gasteiger partial charge on any atom is -0.395 e. The third-order valence-corrected chi connectivity index (χ3v) is 5.22. The number of aliphatic hydroxyl groups excluding tert-OH is 1. The molecule has 0 aromatic carbocycles. The van der Waals surface area contributed by atoms with Gasteiger partial charge in [0.25, 0.3) is 0 Å². The van der Waals surface area contributed by atoms with Crippen LogP contribution in [-0.2, 0) is 10.0 Å². The first-order valence-corrected chi connectivity index (χ1v) is 7.28. The summed E-state index contributed by atoms with van der Waals surface area (Å²) in [6.07, 6.45) is 0.315. The molecule has 0 radical (unpaired) electrons. The standard InChI is InChI=1S/C10H19N3O3S/c1-2-10(9-11)17(15,16)13-5-3-12(4-6-13)7-8-14/h10,14H,2-8H2,1H3. The summed E-state index contributed by atoms with van der Waals surface area (Å²) >= 11 is 0. The van der Waals surface area contributed by atoms with Crippen molar-refractivity contribution in [2.45, 2.75) is 18.6 Å². The van der Waals surface area contributed by atoms with Crippen molar-refractivity contribution in [3.8, 4) is 6.07 Å². The highest BCUT2D eigenvalue weighted by Gasteiger charge is 2.32. The Morgan fingerprint density at radius 1 is 1.35 bits per heavy atom. The van der Waals surface area contributed by atoms with E-state index in [4.69, 9.17) is 10.4 Å². The third kappa shape index (κ3) is 3.39. The topological polar surface area (TPSA) is 84.6 Å². The van der Waals surface area contributed by atoms with Crippen LogP contribution in [0, 0.1) is 11.3 Å². The molecule has 0 bridgehead atoms. The van der Waals surface area contributed by atoms with Crippen LogP contribution in [0.3, 0.4) is 0 Å². The van der Waals surface area contributed by atoms with Gasteiger partial charge in [0.15, 0.2) is 5.25 Å². The minimum atomic E-state index is -3.48. The maximum atomic E-state index is 12.0. The zero-order valence-electron chi connectivity index (χ0n) is 10.0. The number of β-amino-alcohol motifs (C(OH)–C–C–N with tert-alkyl or cyclic N) is 1. The van der Waals surface area contributed by atoms with Gasteiger partial charge in [-0.1, -0.05) is 6.92 Å². The maximum Gasteiger partial charge on any atom is 0.230 e. The molecule has 1 heterocycles. The second-order valence-corrected chi connectivity index (χ2v) is 6.15. The first-order chi connectivity index (χ1) is 8.06. The number of piperazine rings is 1. The molecular formula is C10H19N3O3S. The second-order valence-electron chi connectivity index (χ2n) is 4.04. The highest BCUT2D eigenvalue weighted by atomic mass is 32.2. The second kappa shape index (κ2) is 6.31. The molecule has 6 nitrogen and oxygen atoms in total. The Balaban J connectivity index is 2.62. The number of nitrogens with zero attached hydrogens (tertiary/aromatic N) is 3. The van der Waals surface area contributed by atoms with Crippen LogP contribution in [0.4, 0.5) is 0 Å². The molecule has 0 spiro atoms. The summed E-state index contributed by atoms with van der Waals surface area (Å²) in [6.45, 7) is 4.39. The average Bonchev–Trinajstić information content (AvgIpc) is 2.31. The van der Waals surface area contributed by atoms with Crippen molar-refractivity contribution < 1.29 is 13.5 Å². The van der Waals surface area contributed by atoms with Gasteiger partial charge >= 0.3 is 0 Å². The fraction of sp³-hybridized carbons (Fsp3) is 0.900. The molecular weight excluding hydrogens is 242 g/mol. The van der Waals surface area contributed by atoms with Crippen LogP contribution < -0.4 is 0 Å². The normalized spacial score (nSPS) is 21.0. The fourth-order valence-electron chi connectivity index (χ4n) is 1.90. The van der Waals surface area contributed by atoms with Crippen LogP contribution in [0.25, 0.3) is 0 Å². The molecule has 1 atom stereocenters. The van der Waals surface area contributed by atoms with E-state index >= 15 is 0 Å². The molecule has 0 saturated carbocycles. The van der Waals surface area contributed by atoms with Gasteiger partial charge in [-0.3, -0.25) is 4.90 Å². The van der Waals surface area contributed by atoms with E-state index in [1.165, 1.54) is 4.31 Å². The molecule has 0 aliphatic carbocycles. The predicted molar refractivity (Wildman–Crippen MR) is 63.7 cm³/mol. The van der Waals surface area contributed by atoms with Crippen LogP contribution in [-0.4, -0.2) is 67.3 Å². The first-order valence-electron chi connectivity index (χ1n) is 5.78. The molecule has 17 heavy (non-hydrogen) atoms. The summed E-state index contributed by atoms with van der Waals surface area (Å²) < 4.78 is 25.5. The van der Waals surface area contributed by atoms with Gasteiger partial charge < -0.3 is 5.11 Å². The molecule has 0 aromatic rings. The smallest absolute Gasteiger partial charge is 0.230 e. The summed E-state index contributed by atoms with van der Waals surface area (Å²) in [4.78, 5) is 2.01. The van der Waals surface area contributed by atoms with Gasteiger partial charge in [0.2, 0.25) is 10.0 Å². The molecule has 1 aliphatic heterocycles. The monoisotopic (exact) mass is 261 g/mol. The number of sulfonamides is 1. The van der Waals surface area contributed by atoms with E-state index in [-0.39, 0.29) is 6.61 Å². The quantitative estimate of drug-likeness (QED) is 0.702. The van der Waals surface area contributed by atoms with Crippen molar-refractivity contribution in [1.82, 2.24) is 9.21 Å². The van der Waals surface area contributed by atoms with Gasteiger partial charge in [0.05, 0.1) is 12.7 Å². The number of hydrogen-bond acceptors (Lipinski definition) is 5. The lowest BCUT2D eigenvalue weighted by Gasteiger charge is -2.34. The van der Waals surface area contributed by atoms with E-state index in [1.807, 2.05) is 11.0 Å². The molecule has 1 fully saturated rings. The first kappa shape index (κ1) is 14.4. The van der Waals surface area contributed by atoms with Gasteiger partial charge in [-0.2, -0.15) is 9.57 Å².